The third kappa shape index (κ3) is 3.35. The third-order valence-electron chi connectivity index (χ3n) is 2.68. The quantitative estimate of drug-likeness (QED) is 0.887. The van der Waals surface area contributed by atoms with Crippen molar-refractivity contribution >= 4 is 11.8 Å². The van der Waals surface area contributed by atoms with Gasteiger partial charge in [0.05, 0.1) is 0 Å². The Morgan fingerprint density at radius 3 is 2.35 bits per heavy atom. The van der Waals surface area contributed by atoms with E-state index in [1.165, 1.54) is 20.9 Å². The van der Waals surface area contributed by atoms with Crippen LogP contribution in [0.3, 0.4) is 0 Å². The number of benzene rings is 2. The highest BCUT2D eigenvalue weighted by atomic mass is 32.2. The van der Waals surface area contributed by atoms with E-state index < -0.39 is 0 Å². The summed E-state index contributed by atoms with van der Waals surface area (Å²) < 4.78 is 0. The molecule has 0 saturated heterocycles. The smallest absolute Gasteiger partial charge is 0.0151 e. The lowest BCUT2D eigenvalue weighted by molar-refractivity contribution is 0.966. The van der Waals surface area contributed by atoms with Crippen molar-refractivity contribution in [3.05, 3.63) is 59.7 Å². The average Bonchev–Trinajstić information content (AvgIpc) is 2.35. The average molecular weight is 243 g/mol. The summed E-state index contributed by atoms with van der Waals surface area (Å²) in [7, 11) is 0. The predicted octanol–water partition coefficient (Wildman–Crippen LogP) is 3.65. The number of hydrogen-bond acceptors (Lipinski definition) is 2. The first-order valence-corrected chi connectivity index (χ1v) is 6.64. The molecule has 0 spiro atoms. The molecule has 17 heavy (non-hydrogen) atoms. The summed E-state index contributed by atoms with van der Waals surface area (Å²) in [6, 6.07) is 17.1. The summed E-state index contributed by atoms with van der Waals surface area (Å²) in [4.78, 5) is 2.60. The van der Waals surface area contributed by atoms with Gasteiger partial charge in [-0.2, -0.15) is 0 Å². The topological polar surface area (TPSA) is 26.0 Å². The summed E-state index contributed by atoms with van der Waals surface area (Å²) >= 11 is 1.81. The van der Waals surface area contributed by atoms with Crippen LogP contribution < -0.4 is 5.73 Å². The lowest BCUT2D eigenvalue weighted by Gasteiger charge is -2.06. The van der Waals surface area contributed by atoms with E-state index in [0.29, 0.717) is 6.54 Å². The fourth-order valence-electron chi connectivity index (χ4n) is 1.69. The number of nitrogens with two attached hydrogens (primary N) is 1. The molecule has 0 bridgehead atoms. The molecule has 0 atom stereocenters. The first kappa shape index (κ1) is 12.2. The van der Waals surface area contributed by atoms with Gasteiger partial charge in [-0.25, -0.2) is 0 Å². The van der Waals surface area contributed by atoms with Crippen LogP contribution in [0.15, 0.2) is 58.3 Å². The molecule has 88 valence electrons. The molecule has 2 rings (SSSR count). The molecule has 0 aliphatic heterocycles. The van der Waals surface area contributed by atoms with Crippen molar-refractivity contribution in [3.63, 3.8) is 0 Å². The minimum absolute atomic E-state index is 0.713. The molecule has 0 aliphatic rings. The summed E-state index contributed by atoms with van der Waals surface area (Å²) in [6.45, 7) is 2.86. The van der Waals surface area contributed by atoms with E-state index in [2.05, 4.69) is 55.5 Å². The van der Waals surface area contributed by atoms with E-state index in [-0.39, 0.29) is 0 Å². The fourth-order valence-corrected chi connectivity index (χ4v) is 2.59. The Kier molecular flexibility index (Phi) is 4.24. The number of rotatable bonds is 4. The minimum atomic E-state index is 0.713. The molecule has 2 aromatic carbocycles. The molecule has 0 heterocycles. The Hall–Kier alpha value is -1.25. The van der Waals surface area contributed by atoms with Gasteiger partial charge in [0.1, 0.15) is 0 Å². The van der Waals surface area contributed by atoms with Gasteiger partial charge in [-0.1, -0.05) is 42.1 Å². The lowest BCUT2D eigenvalue weighted by atomic mass is 10.2. The molecule has 0 aromatic heterocycles. The summed E-state index contributed by atoms with van der Waals surface area (Å²) in [5.74, 6) is 0. The predicted molar refractivity (Wildman–Crippen MR) is 74.5 cm³/mol. The lowest BCUT2D eigenvalue weighted by Crippen LogP contribution is -2.02. The largest absolute Gasteiger partial charge is 0.330 e. The minimum Gasteiger partial charge on any atom is -0.330 e. The molecule has 1 nitrogen and oxygen atoms in total. The second kappa shape index (κ2) is 5.89. The summed E-state index contributed by atoms with van der Waals surface area (Å²) in [5, 5.41) is 0. The second-order valence-electron chi connectivity index (χ2n) is 4.05. The third-order valence-corrected chi connectivity index (χ3v) is 3.86. The molecule has 0 radical (unpaired) electrons. The van der Waals surface area contributed by atoms with E-state index in [4.69, 9.17) is 5.73 Å². The van der Waals surface area contributed by atoms with Crippen molar-refractivity contribution in [2.24, 2.45) is 5.73 Å². The molecule has 0 unspecified atom stereocenters. The molecule has 0 saturated carbocycles. The summed E-state index contributed by atoms with van der Waals surface area (Å²) in [5.41, 5.74) is 8.17. The van der Waals surface area contributed by atoms with Crippen LogP contribution in [0.1, 0.15) is 11.1 Å². The Bertz CT molecular complexity index is 477. The Morgan fingerprint density at radius 2 is 1.71 bits per heavy atom. The van der Waals surface area contributed by atoms with Crippen LogP contribution in [-0.4, -0.2) is 6.54 Å². The summed E-state index contributed by atoms with van der Waals surface area (Å²) in [6.07, 6.45) is 0.954. The van der Waals surface area contributed by atoms with Gasteiger partial charge >= 0.3 is 0 Å². The van der Waals surface area contributed by atoms with Crippen LogP contribution in [0.5, 0.6) is 0 Å². The zero-order valence-corrected chi connectivity index (χ0v) is 10.8. The van der Waals surface area contributed by atoms with Gasteiger partial charge in [0.15, 0.2) is 0 Å². The van der Waals surface area contributed by atoms with Gasteiger partial charge < -0.3 is 5.73 Å². The van der Waals surface area contributed by atoms with Gasteiger partial charge in [-0.3, -0.25) is 0 Å². The Labute approximate surface area is 107 Å². The molecule has 0 aliphatic carbocycles. The monoisotopic (exact) mass is 243 g/mol. The first-order valence-electron chi connectivity index (χ1n) is 5.82. The van der Waals surface area contributed by atoms with E-state index in [9.17, 15) is 0 Å². The zero-order chi connectivity index (χ0) is 12.1. The van der Waals surface area contributed by atoms with Crippen molar-refractivity contribution in [1.82, 2.24) is 0 Å². The van der Waals surface area contributed by atoms with Crippen LogP contribution >= 0.6 is 11.8 Å². The molecule has 2 heteroatoms. The van der Waals surface area contributed by atoms with Crippen molar-refractivity contribution < 1.29 is 0 Å². The van der Waals surface area contributed by atoms with Crippen molar-refractivity contribution in [1.29, 1.82) is 0 Å². The molecule has 0 fully saturated rings. The first-order chi connectivity index (χ1) is 8.29. The Morgan fingerprint density at radius 1 is 1.00 bits per heavy atom. The zero-order valence-electron chi connectivity index (χ0n) is 10.0. The molecule has 0 amide bonds. The maximum atomic E-state index is 5.54. The highest BCUT2D eigenvalue weighted by molar-refractivity contribution is 7.99. The highest BCUT2D eigenvalue weighted by Gasteiger charge is 2.00. The van der Waals surface area contributed by atoms with Gasteiger partial charge in [0.25, 0.3) is 0 Å². The maximum absolute atomic E-state index is 5.54. The van der Waals surface area contributed by atoms with Gasteiger partial charge in [-0.05, 0) is 49.2 Å². The van der Waals surface area contributed by atoms with Crippen molar-refractivity contribution in [3.8, 4) is 0 Å². The van der Waals surface area contributed by atoms with Gasteiger partial charge in [-0.15, -0.1) is 0 Å². The maximum Gasteiger partial charge on any atom is 0.0151 e. The number of hydrogen-bond donors (Lipinski definition) is 1. The van der Waals surface area contributed by atoms with Crippen LogP contribution in [0.2, 0.25) is 0 Å². The SMILES string of the molecule is Cc1ccccc1Sc1ccc(CCN)cc1. The van der Waals surface area contributed by atoms with E-state index in [1.807, 2.05) is 11.8 Å². The fraction of sp³-hybridized carbons (Fsp3) is 0.200. The van der Waals surface area contributed by atoms with Crippen LogP contribution in [0.25, 0.3) is 0 Å². The Balaban J connectivity index is 2.11. The standard InChI is InChI=1S/C15H17NS/c1-12-4-2-3-5-15(12)17-14-8-6-13(7-9-14)10-11-16/h2-9H,10-11,16H2,1H3. The van der Waals surface area contributed by atoms with Gasteiger partial charge in [0, 0.05) is 9.79 Å². The van der Waals surface area contributed by atoms with E-state index >= 15 is 0 Å². The normalized spacial score (nSPS) is 10.5. The van der Waals surface area contributed by atoms with Crippen molar-refractivity contribution in [2.75, 3.05) is 6.54 Å². The van der Waals surface area contributed by atoms with Crippen LogP contribution in [0, 0.1) is 6.92 Å². The molecular formula is C15H17NS. The highest BCUT2D eigenvalue weighted by Crippen LogP contribution is 2.29. The second-order valence-corrected chi connectivity index (χ2v) is 5.17. The van der Waals surface area contributed by atoms with E-state index in [0.717, 1.165) is 6.42 Å². The number of aryl methyl sites for hydroxylation is 1. The van der Waals surface area contributed by atoms with Gasteiger partial charge in [0.2, 0.25) is 0 Å². The molecule has 2 N–H and O–H groups in total. The van der Waals surface area contributed by atoms with Crippen molar-refractivity contribution in [2.45, 2.75) is 23.1 Å². The molecular weight excluding hydrogens is 226 g/mol. The van der Waals surface area contributed by atoms with Crippen LogP contribution in [-0.2, 0) is 6.42 Å². The van der Waals surface area contributed by atoms with E-state index in [1.54, 1.807) is 0 Å². The van der Waals surface area contributed by atoms with Crippen LogP contribution in [0.4, 0.5) is 0 Å². The molecule has 2 aromatic rings.